The van der Waals surface area contributed by atoms with Crippen LogP contribution in [0.15, 0.2) is 22.7 Å². The fourth-order valence-corrected chi connectivity index (χ4v) is 2.19. The van der Waals surface area contributed by atoms with E-state index >= 15 is 0 Å². The second-order valence-corrected chi connectivity index (χ2v) is 4.49. The van der Waals surface area contributed by atoms with E-state index in [-0.39, 0.29) is 0 Å². The van der Waals surface area contributed by atoms with Crippen molar-refractivity contribution in [3.05, 3.63) is 33.3 Å². The maximum absolute atomic E-state index is 6.04. The number of hydrogen-bond acceptors (Lipinski definition) is 1. The van der Waals surface area contributed by atoms with Crippen LogP contribution >= 0.6 is 27.5 Å². The molecule has 0 amide bonds. The Bertz CT molecular complexity index is 313. The van der Waals surface area contributed by atoms with Gasteiger partial charge in [0.25, 0.3) is 0 Å². The average molecular weight is 247 g/mol. The van der Waals surface area contributed by atoms with Crippen LogP contribution in [0.2, 0.25) is 5.02 Å². The summed E-state index contributed by atoms with van der Waals surface area (Å²) in [5, 5.41) is 0.822. The highest BCUT2D eigenvalue weighted by Crippen LogP contribution is 2.42. The smallest absolute Gasteiger partial charge is 0.0452 e. The molecule has 0 spiro atoms. The summed E-state index contributed by atoms with van der Waals surface area (Å²) in [6, 6.07) is 6.29. The highest BCUT2D eigenvalue weighted by molar-refractivity contribution is 9.10. The van der Waals surface area contributed by atoms with Gasteiger partial charge in [-0.15, -0.1) is 0 Å². The summed E-state index contributed by atoms with van der Waals surface area (Å²) in [6.07, 6.45) is 1.07. The summed E-state index contributed by atoms with van der Waals surface area (Å²) in [7, 11) is 0. The van der Waals surface area contributed by atoms with E-state index in [1.54, 1.807) is 0 Å². The van der Waals surface area contributed by atoms with Crippen molar-refractivity contribution in [2.45, 2.75) is 18.4 Å². The first-order valence-electron chi connectivity index (χ1n) is 3.89. The lowest BCUT2D eigenvalue weighted by Gasteiger charge is -2.01. The number of rotatable bonds is 1. The Morgan fingerprint density at radius 1 is 1.50 bits per heavy atom. The predicted octanol–water partition coefficient (Wildman–Crippen LogP) is 2.92. The molecule has 1 aliphatic rings. The van der Waals surface area contributed by atoms with E-state index in [1.807, 2.05) is 18.2 Å². The molecule has 2 rings (SSSR count). The highest BCUT2D eigenvalue weighted by Gasteiger charge is 2.36. The number of benzene rings is 1. The number of nitrogens with two attached hydrogens (primary N) is 1. The normalized spacial score (nSPS) is 27.2. The summed E-state index contributed by atoms with van der Waals surface area (Å²) in [4.78, 5) is 0. The lowest BCUT2D eigenvalue weighted by atomic mass is 10.1. The molecule has 1 nitrogen and oxygen atoms in total. The summed E-state index contributed by atoms with van der Waals surface area (Å²) in [5.74, 6) is 0.491. The van der Waals surface area contributed by atoms with Gasteiger partial charge in [-0.1, -0.05) is 33.6 Å². The number of halogens is 2. The molecule has 3 heteroatoms. The zero-order valence-corrected chi connectivity index (χ0v) is 8.77. The molecule has 2 N–H and O–H groups in total. The van der Waals surface area contributed by atoms with Crippen molar-refractivity contribution < 1.29 is 0 Å². The second kappa shape index (κ2) is 3.02. The molecule has 1 saturated carbocycles. The van der Waals surface area contributed by atoms with Gasteiger partial charge in [0.1, 0.15) is 0 Å². The Morgan fingerprint density at radius 2 is 2.17 bits per heavy atom. The molecule has 0 radical (unpaired) electrons. The fourth-order valence-electron chi connectivity index (χ4n) is 1.37. The molecule has 1 aliphatic carbocycles. The van der Waals surface area contributed by atoms with Gasteiger partial charge in [-0.25, -0.2) is 0 Å². The SMILES string of the molecule is N[C@@H]1C[C@H]1c1ccc(Br)cc1Cl. The maximum atomic E-state index is 6.04. The van der Waals surface area contributed by atoms with E-state index in [1.165, 1.54) is 5.56 Å². The van der Waals surface area contributed by atoms with Crippen molar-refractivity contribution in [3.8, 4) is 0 Å². The van der Waals surface area contributed by atoms with Gasteiger partial charge in [-0.3, -0.25) is 0 Å². The maximum Gasteiger partial charge on any atom is 0.0452 e. The summed E-state index contributed by atoms with van der Waals surface area (Å²) >= 11 is 9.41. The van der Waals surface area contributed by atoms with Crippen LogP contribution in [0.25, 0.3) is 0 Å². The van der Waals surface area contributed by atoms with E-state index in [2.05, 4.69) is 15.9 Å². The molecule has 0 aliphatic heterocycles. The van der Waals surface area contributed by atoms with E-state index < -0.39 is 0 Å². The zero-order chi connectivity index (χ0) is 8.72. The van der Waals surface area contributed by atoms with Crippen LogP contribution in [0.5, 0.6) is 0 Å². The van der Waals surface area contributed by atoms with Crippen LogP contribution in [-0.4, -0.2) is 6.04 Å². The molecule has 0 unspecified atom stereocenters. The van der Waals surface area contributed by atoms with Crippen molar-refractivity contribution in [1.29, 1.82) is 0 Å². The minimum atomic E-state index is 0.323. The highest BCUT2D eigenvalue weighted by atomic mass is 79.9. The topological polar surface area (TPSA) is 26.0 Å². The molecule has 2 atom stereocenters. The average Bonchev–Trinajstić information content (AvgIpc) is 2.66. The summed E-state index contributed by atoms with van der Waals surface area (Å²) in [6.45, 7) is 0. The van der Waals surface area contributed by atoms with E-state index in [0.29, 0.717) is 12.0 Å². The summed E-state index contributed by atoms with van der Waals surface area (Å²) in [5.41, 5.74) is 6.92. The van der Waals surface area contributed by atoms with Gasteiger partial charge in [-0.2, -0.15) is 0 Å². The van der Waals surface area contributed by atoms with Crippen LogP contribution in [0, 0.1) is 0 Å². The molecule has 0 aromatic heterocycles. The zero-order valence-electron chi connectivity index (χ0n) is 6.43. The standard InChI is InChI=1S/C9H9BrClN/c10-5-1-2-6(8(11)3-5)7-4-9(7)12/h1-3,7,9H,4,12H2/t7-,9+/m0/s1. The summed E-state index contributed by atoms with van der Waals surface area (Å²) < 4.78 is 1.02. The van der Waals surface area contributed by atoms with Gasteiger partial charge in [-0.05, 0) is 24.1 Å². The van der Waals surface area contributed by atoms with Gasteiger partial charge < -0.3 is 5.73 Å². The number of hydrogen-bond donors (Lipinski definition) is 1. The first kappa shape index (κ1) is 8.54. The van der Waals surface area contributed by atoms with Crippen LogP contribution < -0.4 is 5.73 Å². The minimum Gasteiger partial charge on any atom is -0.327 e. The van der Waals surface area contributed by atoms with Gasteiger partial charge in [0, 0.05) is 21.5 Å². The third-order valence-corrected chi connectivity index (χ3v) is 3.02. The van der Waals surface area contributed by atoms with Crippen LogP contribution in [0.3, 0.4) is 0 Å². The second-order valence-electron chi connectivity index (χ2n) is 3.17. The first-order valence-corrected chi connectivity index (χ1v) is 5.06. The molecule has 0 heterocycles. The van der Waals surface area contributed by atoms with E-state index in [0.717, 1.165) is 15.9 Å². The van der Waals surface area contributed by atoms with Crippen LogP contribution in [-0.2, 0) is 0 Å². The van der Waals surface area contributed by atoms with Crippen molar-refractivity contribution in [3.63, 3.8) is 0 Å². The molecule has 1 aromatic rings. The molecular weight excluding hydrogens is 237 g/mol. The van der Waals surface area contributed by atoms with Crippen molar-refractivity contribution in [2.75, 3.05) is 0 Å². The van der Waals surface area contributed by atoms with E-state index in [4.69, 9.17) is 17.3 Å². The molecule has 0 bridgehead atoms. The Kier molecular flexibility index (Phi) is 2.15. The molecule has 1 fully saturated rings. The van der Waals surface area contributed by atoms with Gasteiger partial charge >= 0.3 is 0 Å². The molecule has 12 heavy (non-hydrogen) atoms. The Labute approximate surface area is 85.0 Å². The largest absolute Gasteiger partial charge is 0.327 e. The molecule has 64 valence electrons. The van der Waals surface area contributed by atoms with Crippen LogP contribution in [0.1, 0.15) is 17.9 Å². The lowest BCUT2D eigenvalue weighted by Crippen LogP contribution is -2.01. The first-order chi connectivity index (χ1) is 5.68. The predicted molar refractivity (Wildman–Crippen MR) is 54.5 cm³/mol. The van der Waals surface area contributed by atoms with E-state index in [9.17, 15) is 0 Å². The van der Waals surface area contributed by atoms with Crippen molar-refractivity contribution in [1.82, 2.24) is 0 Å². The monoisotopic (exact) mass is 245 g/mol. The third kappa shape index (κ3) is 1.51. The van der Waals surface area contributed by atoms with Gasteiger partial charge in [0.2, 0.25) is 0 Å². The van der Waals surface area contributed by atoms with Gasteiger partial charge in [0.05, 0.1) is 0 Å². The molecular formula is C9H9BrClN. The minimum absolute atomic E-state index is 0.323. The Morgan fingerprint density at radius 3 is 2.67 bits per heavy atom. The van der Waals surface area contributed by atoms with Gasteiger partial charge in [0.15, 0.2) is 0 Å². The Balaban J connectivity index is 2.33. The van der Waals surface area contributed by atoms with Crippen LogP contribution in [0.4, 0.5) is 0 Å². The Hall–Kier alpha value is -0.0500. The third-order valence-electron chi connectivity index (χ3n) is 2.20. The molecule has 1 aromatic carbocycles. The fraction of sp³-hybridized carbons (Fsp3) is 0.333. The van der Waals surface area contributed by atoms with Crippen molar-refractivity contribution in [2.24, 2.45) is 5.73 Å². The quantitative estimate of drug-likeness (QED) is 0.810. The lowest BCUT2D eigenvalue weighted by molar-refractivity contribution is 0.990. The van der Waals surface area contributed by atoms with Crippen molar-refractivity contribution >= 4 is 27.5 Å². The molecule has 0 saturated heterocycles.